The van der Waals surface area contributed by atoms with E-state index in [-0.39, 0.29) is 10.8 Å². The average Bonchev–Trinajstić information content (AvgIpc) is 3.87. The molecular formula is C65H58N2S. The highest BCUT2D eigenvalue weighted by Crippen LogP contribution is 2.62. The molecule has 0 spiro atoms. The van der Waals surface area contributed by atoms with Gasteiger partial charge in [0.1, 0.15) is 0 Å². The first-order chi connectivity index (χ1) is 32.8. The van der Waals surface area contributed by atoms with Gasteiger partial charge in [-0.1, -0.05) is 186 Å². The van der Waals surface area contributed by atoms with Crippen molar-refractivity contribution in [2.24, 2.45) is 0 Å². The third kappa shape index (κ3) is 7.23. The zero-order valence-corrected chi connectivity index (χ0v) is 41.2. The summed E-state index contributed by atoms with van der Waals surface area (Å²) in [6.07, 6.45) is 0. The highest BCUT2D eigenvalue weighted by molar-refractivity contribution is 7.26. The lowest BCUT2D eigenvalue weighted by atomic mass is 9.67. The van der Waals surface area contributed by atoms with Crippen LogP contribution >= 0.6 is 11.3 Å². The first kappa shape index (κ1) is 43.4. The van der Waals surface area contributed by atoms with Gasteiger partial charge in [0.15, 0.2) is 0 Å². The van der Waals surface area contributed by atoms with Gasteiger partial charge in [0.2, 0.25) is 0 Å². The van der Waals surface area contributed by atoms with E-state index in [1.807, 2.05) is 11.3 Å². The van der Waals surface area contributed by atoms with Crippen LogP contribution in [0.2, 0.25) is 0 Å². The molecule has 0 fully saturated rings. The molecule has 334 valence electrons. The molecule has 1 aliphatic carbocycles. The minimum atomic E-state index is -0.674. The quantitative estimate of drug-likeness (QED) is 0.150. The van der Waals surface area contributed by atoms with E-state index < -0.39 is 5.41 Å². The smallest absolute Gasteiger partial charge is 0.0715 e. The second-order valence-electron chi connectivity index (χ2n) is 20.8. The van der Waals surface area contributed by atoms with Crippen LogP contribution in [0, 0.1) is 13.8 Å². The van der Waals surface area contributed by atoms with Gasteiger partial charge in [-0.2, -0.15) is 0 Å². The van der Waals surface area contributed by atoms with Gasteiger partial charge < -0.3 is 9.80 Å². The number of nitrogens with zero attached hydrogens (tertiary/aromatic N) is 2. The maximum absolute atomic E-state index is 2.57. The Bertz CT molecular complexity index is 3400. The van der Waals surface area contributed by atoms with Gasteiger partial charge >= 0.3 is 0 Å². The molecule has 3 heteroatoms. The molecule has 0 saturated heterocycles. The number of hydrogen-bond donors (Lipinski definition) is 0. The molecule has 11 rings (SSSR count). The summed E-state index contributed by atoms with van der Waals surface area (Å²) in [6.45, 7) is 18.1. The minimum absolute atomic E-state index is 0.0259. The van der Waals surface area contributed by atoms with Crippen LogP contribution in [0.4, 0.5) is 34.1 Å². The Balaban J connectivity index is 1.26. The van der Waals surface area contributed by atoms with E-state index in [1.165, 1.54) is 81.5 Å². The first-order valence-electron chi connectivity index (χ1n) is 24.0. The number of hydrogen-bond acceptors (Lipinski definition) is 3. The van der Waals surface area contributed by atoms with E-state index in [4.69, 9.17) is 0 Å². The lowest BCUT2D eigenvalue weighted by Crippen LogP contribution is -2.29. The first-order valence-corrected chi connectivity index (χ1v) is 24.8. The van der Waals surface area contributed by atoms with Gasteiger partial charge in [-0.05, 0) is 136 Å². The second kappa shape index (κ2) is 16.5. The third-order valence-electron chi connectivity index (χ3n) is 14.2. The number of thiophene rings is 1. The highest BCUT2D eigenvalue weighted by Gasteiger charge is 2.48. The fourth-order valence-corrected chi connectivity index (χ4v) is 11.9. The Kier molecular flexibility index (Phi) is 10.6. The summed E-state index contributed by atoms with van der Waals surface area (Å²) in [5, 5.41) is 2.55. The molecule has 0 aliphatic heterocycles. The van der Waals surface area contributed by atoms with Crippen LogP contribution in [-0.2, 0) is 16.2 Å². The van der Waals surface area contributed by atoms with Crippen molar-refractivity contribution in [3.63, 3.8) is 0 Å². The summed E-state index contributed by atoms with van der Waals surface area (Å²) in [4.78, 5) is 4.96. The van der Waals surface area contributed by atoms with Crippen LogP contribution in [0.25, 0.3) is 31.3 Å². The van der Waals surface area contributed by atoms with Crippen molar-refractivity contribution in [1.82, 2.24) is 0 Å². The molecule has 0 radical (unpaired) electrons. The van der Waals surface area contributed by atoms with Crippen molar-refractivity contribution in [3.8, 4) is 11.1 Å². The summed E-state index contributed by atoms with van der Waals surface area (Å²) in [5.74, 6) is 0. The van der Waals surface area contributed by atoms with Gasteiger partial charge in [-0.25, -0.2) is 0 Å². The van der Waals surface area contributed by atoms with Crippen LogP contribution in [0.1, 0.15) is 86.1 Å². The third-order valence-corrected chi connectivity index (χ3v) is 15.4. The molecule has 0 N–H and O–H groups in total. The number of anilines is 6. The molecule has 0 atom stereocenters. The van der Waals surface area contributed by atoms with Crippen LogP contribution in [0.3, 0.4) is 0 Å². The molecule has 9 aromatic carbocycles. The van der Waals surface area contributed by atoms with E-state index in [9.17, 15) is 0 Å². The number of benzene rings is 9. The predicted octanol–water partition coefficient (Wildman–Crippen LogP) is 18.6. The van der Waals surface area contributed by atoms with Crippen LogP contribution in [0.5, 0.6) is 0 Å². The Morgan fingerprint density at radius 2 is 0.853 bits per heavy atom. The summed E-state index contributed by atoms with van der Waals surface area (Å²) < 4.78 is 2.58. The van der Waals surface area contributed by atoms with Crippen molar-refractivity contribution in [1.29, 1.82) is 0 Å². The highest BCUT2D eigenvalue weighted by atomic mass is 32.1. The number of fused-ring (bicyclic) bond motifs is 7. The summed E-state index contributed by atoms with van der Waals surface area (Å²) >= 11 is 1.92. The number of rotatable bonds is 8. The summed E-state index contributed by atoms with van der Waals surface area (Å²) in [7, 11) is 0. The van der Waals surface area contributed by atoms with Crippen LogP contribution in [-0.4, -0.2) is 0 Å². The topological polar surface area (TPSA) is 6.48 Å². The standard InChI is InChI=1S/C65H58N2S/c1-43-23-31-49(32-24-43)66(50-35-27-45(28-36-50)63(3,4)5)53-39-40-54-56(41-53)65(47-17-11-9-12-18-47,48-19-13-10-14-20-48)57-42-58(61-55-21-15-16-22-59(55)68-62(61)60(54)57)67(51-33-25-44(2)26-34-51)52-37-29-46(30-38-52)64(6,7)8/h9-42H,1-8H3. The Morgan fingerprint density at radius 1 is 0.412 bits per heavy atom. The molecule has 2 nitrogen and oxygen atoms in total. The van der Waals surface area contributed by atoms with Crippen molar-refractivity contribution in [2.45, 2.75) is 71.6 Å². The maximum atomic E-state index is 2.57. The lowest BCUT2D eigenvalue weighted by molar-refractivity contribution is 0.590. The maximum Gasteiger partial charge on any atom is 0.0715 e. The van der Waals surface area contributed by atoms with E-state index >= 15 is 0 Å². The van der Waals surface area contributed by atoms with E-state index in [0.29, 0.717) is 0 Å². The van der Waals surface area contributed by atoms with Crippen LogP contribution in [0.15, 0.2) is 206 Å². The Hall–Kier alpha value is -7.20. The zero-order chi connectivity index (χ0) is 47.0. The predicted molar refractivity (Wildman–Crippen MR) is 293 cm³/mol. The number of aryl methyl sites for hydroxylation is 2. The molecule has 1 aliphatic rings. The van der Waals surface area contributed by atoms with E-state index in [0.717, 1.165) is 28.4 Å². The van der Waals surface area contributed by atoms with Gasteiger partial charge in [0, 0.05) is 54.2 Å². The second-order valence-corrected chi connectivity index (χ2v) is 21.8. The van der Waals surface area contributed by atoms with Gasteiger partial charge in [0.25, 0.3) is 0 Å². The largest absolute Gasteiger partial charge is 0.310 e. The van der Waals surface area contributed by atoms with Gasteiger partial charge in [-0.15, -0.1) is 11.3 Å². The fourth-order valence-electron chi connectivity index (χ4n) is 10.6. The lowest BCUT2D eigenvalue weighted by Gasteiger charge is -2.36. The normalized spacial score (nSPS) is 13.1. The Morgan fingerprint density at radius 3 is 1.35 bits per heavy atom. The van der Waals surface area contributed by atoms with Crippen molar-refractivity contribution in [2.75, 3.05) is 9.80 Å². The molecule has 1 aromatic heterocycles. The molecule has 1 heterocycles. The molecule has 0 unspecified atom stereocenters. The average molecular weight is 899 g/mol. The SMILES string of the molecule is Cc1ccc(N(c2ccc(C(C)(C)C)cc2)c2ccc3c(c2)C(c2ccccc2)(c2ccccc2)c2cc(N(c4ccc(C)cc4)c4ccc(C(C)(C)C)cc4)c4c(sc5ccccc54)c2-3)cc1. The minimum Gasteiger partial charge on any atom is -0.310 e. The van der Waals surface area contributed by atoms with E-state index in [1.54, 1.807) is 0 Å². The molecule has 10 aromatic rings. The van der Waals surface area contributed by atoms with Crippen molar-refractivity contribution in [3.05, 3.63) is 251 Å². The molecule has 68 heavy (non-hydrogen) atoms. The summed E-state index contributed by atoms with van der Waals surface area (Å²) in [5.41, 5.74) is 18.9. The van der Waals surface area contributed by atoms with Gasteiger partial charge in [-0.3, -0.25) is 0 Å². The van der Waals surface area contributed by atoms with Crippen LogP contribution < -0.4 is 9.80 Å². The fraction of sp³-hybridized carbons (Fsp3) is 0.169. The molecule has 0 bridgehead atoms. The van der Waals surface area contributed by atoms with Crippen molar-refractivity contribution >= 4 is 65.6 Å². The van der Waals surface area contributed by atoms with Gasteiger partial charge in [0.05, 0.1) is 11.1 Å². The Labute approximate surface area is 406 Å². The zero-order valence-electron chi connectivity index (χ0n) is 40.4. The van der Waals surface area contributed by atoms with E-state index in [2.05, 4.69) is 271 Å². The monoisotopic (exact) mass is 898 g/mol. The van der Waals surface area contributed by atoms with Crippen molar-refractivity contribution < 1.29 is 0 Å². The summed E-state index contributed by atoms with van der Waals surface area (Å²) in [6, 6.07) is 77.9. The molecular weight excluding hydrogens is 841 g/mol. The molecule has 0 amide bonds. The molecule has 0 saturated carbocycles.